The van der Waals surface area contributed by atoms with E-state index in [1.54, 1.807) is 29.6 Å². The van der Waals surface area contributed by atoms with E-state index in [4.69, 9.17) is 0 Å². The van der Waals surface area contributed by atoms with E-state index in [-0.39, 0.29) is 11.1 Å². The molecule has 0 spiro atoms. The minimum absolute atomic E-state index is 0.273. The zero-order valence-corrected chi connectivity index (χ0v) is 16.3. The van der Waals surface area contributed by atoms with Gasteiger partial charge in [0.25, 0.3) is 11.8 Å². The van der Waals surface area contributed by atoms with E-state index in [9.17, 15) is 19.6 Å². The summed E-state index contributed by atoms with van der Waals surface area (Å²) in [5.74, 6) is -2.71. The van der Waals surface area contributed by atoms with Crippen molar-refractivity contribution in [1.82, 2.24) is 9.88 Å². The van der Waals surface area contributed by atoms with Gasteiger partial charge in [0.1, 0.15) is 5.01 Å². The number of fused-ring (bicyclic) bond motifs is 1. The van der Waals surface area contributed by atoms with Gasteiger partial charge in [-0.15, -0.1) is 11.3 Å². The topological polar surface area (TPSA) is 91.1 Å². The first-order valence-corrected chi connectivity index (χ1v) is 9.77. The Morgan fingerprint density at radius 1 is 1.10 bits per heavy atom. The summed E-state index contributed by atoms with van der Waals surface area (Å²) in [6.45, 7) is 1.53. The number of aromatic nitrogens is 1. The summed E-state index contributed by atoms with van der Waals surface area (Å²) in [5, 5.41) is 11.7. The quantitative estimate of drug-likeness (QED) is 0.609. The summed E-state index contributed by atoms with van der Waals surface area (Å²) in [7, 11) is 0. The van der Waals surface area contributed by atoms with Crippen LogP contribution in [-0.2, 0) is 4.79 Å². The number of rotatable bonds is 5. The molecule has 7 heteroatoms. The van der Waals surface area contributed by atoms with Gasteiger partial charge < -0.3 is 0 Å². The largest absolute Gasteiger partial charge is 0.296 e. The van der Waals surface area contributed by atoms with E-state index in [2.05, 4.69) is 4.98 Å². The Kier molecular flexibility index (Phi) is 4.79. The number of hydrogen-bond donors (Lipinski definition) is 0. The number of imide groups is 1. The van der Waals surface area contributed by atoms with Crippen LogP contribution in [-0.4, -0.2) is 34.0 Å². The number of Topliss-reactive ketones (excluding diaryl/α,β-unsaturated/α-hetero) is 1. The second kappa shape index (κ2) is 7.41. The van der Waals surface area contributed by atoms with Crippen LogP contribution in [0.1, 0.15) is 37.2 Å². The average molecular weight is 401 g/mol. The Bertz CT molecular complexity index is 1140. The van der Waals surface area contributed by atoms with E-state index in [1.165, 1.54) is 11.3 Å². The van der Waals surface area contributed by atoms with Gasteiger partial charge in [-0.3, -0.25) is 19.3 Å². The van der Waals surface area contributed by atoms with Crippen molar-refractivity contribution in [3.8, 4) is 17.3 Å². The molecule has 1 aliphatic heterocycles. The van der Waals surface area contributed by atoms with Crippen LogP contribution in [0, 0.1) is 18.3 Å². The molecule has 0 aliphatic carbocycles. The SMILES string of the molecule is Cc1ccc(-c2csc([C@H](C#N)C(=O)CN3C(=O)c4ccccc4C3=O)n2)cc1. The maximum absolute atomic E-state index is 12.8. The Balaban J connectivity index is 1.54. The molecule has 29 heavy (non-hydrogen) atoms. The Morgan fingerprint density at radius 3 is 2.31 bits per heavy atom. The molecule has 0 saturated carbocycles. The molecule has 0 unspecified atom stereocenters. The smallest absolute Gasteiger partial charge is 0.261 e. The molecule has 142 valence electrons. The van der Waals surface area contributed by atoms with Crippen LogP contribution in [0.2, 0.25) is 0 Å². The maximum Gasteiger partial charge on any atom is 0.261 e. The summed E-state index contributed by atoms with van der Waals surface area (Å²) in [4.78, 5) is 43.0. The third-order valence-electron chi connectivity index (χ3n) is 4.76. The zero-order valence-electron chi connectivity index (χ0n) is 15.5. The molecular formula is C22H15N3O3S. The van der Waals surface area contributed by atoms with Crippen LogP contribution in [0.5, 0.6) is 0 Å². The van der Waals surface area contributed by atoms with E-state index < -0.39 is 30.1 Å². The van der Waals surface area contributed by atoms with Gasteiger partial charge >= 0.3 is 0 Å². The lowest BCUT2D eigenvalue weighted by molar-refractivity contribution is -0.119. The van der Waals surface area contributed by atoms with Gasteiger partial charge in [0, 0.05) is 10.9 Å². The number of aryl methyl sites for hydroxylation is 1. The number of nitrogens with zero attached hydrogens (tertiary/aromatic N) is 3. The molecule has 3 aromatic rings. The molecule has 1 aliphatic rings. The second-order valence-electron chi connectivity index (χ2n) is 6.71. The first-order valence-electron chi connectivity index (χ1n) is 8.89. The van der Waals surface area contributed by atoms with E-state index in [1.807, 2.05) is 37.3 Å². The fourth-order valence-electron chi connectivity index (χ4n) is 3.17. The Hall–Kier alpha value is -3.63. The lowest BCUT2D eigenvalue weighted by Crippen LogP contribution is -2.36. The molecule has 0 N–H and O–H groups in total. The second-order valence-corrected chi connectivity index (χ2v) is 7.60. The lowest BCUT2D eigenvalue weighted by Gasteiger charge is -2.14. The highest BCUT2D eigenvalue weighted by Gasteiger charge is 2.38. The number of benzene rings is 2. The number of amides is 2. The van der Waals surface area contributed by atoms with Crippen molar-refractivity contribution >= 4 is 28.9 Å². The molecule has 1 atom stereocenters. The van der Waals surface area contributed by atoms with Crippen LogP contribution in [0.3, 0.4) is 0 Å². The summed E-state index contributed by atoms with van der Waals surface area (Å²) in [5.41, 5.74) is 3.24. The summed E-state index contributed by atoms with van der Waals surface area (Å²) in [6, 6.07) is 16.2. The Labute approximate surface area is 171 Å². The average Bonchev–Trinajstić information content (AvgIpc) is 3.29. The molecule has 1 aromatic heterocycles. The van der Waals surface area contributed by atoms with Gasteiger partial charge in [0.15, 0.2) is 11.7 Å². The molecule has 4 rings (SSSR count). The molecule has 2 amide bonds. The van der Waals surface area contributed by atoms with E-state index >= 15 is 0 Å². The van der Waals surface area contributed by atoms with Gasteiger partial charge in [0.05, 0.1) is 29.4 Å². The predicted molar refractivity (Wildman–Crippen MR) is 107 cm³/mol. The third-order valence-corrected chi connectivity index (χ3v) is 5.67. The molecule has 0 fully saturated rings. The summed E-state index contributed by atoms with van der Waals surface area (Å²) >= 11 is 1.21. The number of carbonyl (C=O) groups excluding carboxylic acids is 3. The van der Waals surface area contributed by atoms with Gasteiger partial charge in [-0.2, -0.15) is 5.26 Å². The van der Waals surface area contributed by atoms with E-state index in [0.29, 0.717) is 10.7 Å². The first kappa shape index (κ1) is 18.7. The van der Waals surface area contributed by atoms with Crippen molar-refractivity contribution in [2.24, 2.45) is 0 Å². The molecule has 0 radical (unpaired) electrons. The highest BCUT2D eigenvalue weighted by molar-refractivity contribution is 7.10. The van der Waals surface area contributed by atoms with Gasteiger partial charge in [-0.1, -0.05) is 42.0 Å². The van der Waals surface area contributed by atoms with Crippen molar-refractivity contribution in [2.45, 2.75) is 12.8 Å². The minimum atomic E-state index is -1.14. The normalized spacial score (nSPS) is 13.9. The zero-order chi connectivity index (χ0) is 20.5. The Morgan fingerprint density at radius 2 is 1.72 bits per heavy atom. The monoisotopic (exact) mass is 401 g/mol. The molecule has 6 nitrogen and oxygen atoms in total. The van der Waals surface area contributed by atoms with Crippen LogP contribution >= 0.6 is 11.3 Å². The molecule has 2 heterocycles. The van der Waals surface area contributed by atoms with Crippen LogP contribution in [0.4, 0.5) is 0 Å². The number of carbonyl (C=O) groups is 3. The fraction of sp³-hybridized carbons (Fsp3) is 0.136. The highest BCUT2D eigenvalue weighted by atomic mass is 32.1. The van der Waals surface area contributed by atoms with Crippen molar-refractivity contribution < 1.29 is 14.4 Å². The van der Waals surface area contributed by atoms with Crippen molar-refractivity contribution in [2.75, 3.05) is 6.54 Å². The maximum atomic E-state index is 12.8. The van der Waals surface area contributed by atoms with Crippen molar-refractivity contribution in [1.29, 1.82) is 5.26 Å². The standard InChI is InChI=1S/C22H15N3O3S/c1-13-6-8-14(9-7-13)18-12-29-20(24-18)17(10-23)19(26)11-25-21(27)15-4-2-3-5-16(15)22(25)28/h2-9,12,17H,11H2,1H3/t17-/m1/s1. The number of thiazole rings is 1. The van der Waals surface area contributed by atoms with Crippen LogP contribution < -0.4 is 0 Å². The molecule has 0 saturated heterocycles. The highest BCUT2D eigenvalue weighted by Crippen LogP contribution is 2.28. The van der Waals surface area contributed by atoms with Gasteiger partial charge in [-0.05, 0) is 19.1 Å². The lowest BCUT2D eigenvalue weighted by atomic mass is 10.1. The molecular weight excluding hydrogens is 386 g/mol. The van der Waals surface area contributed by atoms with E-state index in [0.717, 1.165) is 16.0 Å². The number of ketones is 1. The summed E-state index contributed by atoms with van der Waals surface area (Å²) in [6.07, 6.45) is 0. The van der Waals surface area contributed by atoms with Gasteiger partial charge in [0.2, 0.25) is 0 Å². The third kappa shape index (κ3) is 3.35. The predicted octanol–water partition coefficient (Wildman–Crippen LogP) is 3.59. The molecule has 0 bridgehead atoms. The van der Waals surface area contributed by atoms with Gasteiger partial charge in [-0.25, -0.2) is 4.98 Å². The summed E-state index contributed by atoms with van der Waals surface area (Å²) < 4.78 is 0. The van der Waals surface area contributed by atoms with Crippen molar-refractivity contribution in [3.05, 3.63) is 75.6 Å². The first-order chi connectivity index (χ1) is 14.0. The fourth-order valence-corrected chi connectivity index (χ4v) is 4.06. The van der Waals surface area contributed by atoms with Crippen LogP contribution in [0.15, 0.2) is 53.9 Å². The van der Waals surface area contributed by atoms with Crippen LogP contribution in [0.25, 0.3) is 11.3 Å². The van der Waals surface area contributed by atoms with Crippen molar-refractivity contribution in [3.63, 3.8) is 0 Å². The minimum Gasteiger partial charge on any atom is -0.296 e. The number of nitriles is 1. The molecule has 2 aromatic carbocycles. The number of hydrogen-bond acceptors (Lipinski definition) is 6.